The second-order valence-corrected chi connectivity index (χ2v) is 17.4. The van der Waals surface area contributed by atoms with Gasteiger partial charge < -0.3 is 0 Å². The maximum Gasteiger partial charge on any atom is 0.198 e. The monoisotopic (exact) mass is 640 g/mol. The summed E-state index contributed by atoms with van der Waals surface area (Å²) in [5, 5.41) is 2.86. The number of hydrogen-bond acceptors (Lipinski definition) is 16. The van der Waals surface area contributed by atoms with Gasteiger partial charge in [-0.05, 0) is 67.4 Å². The molecule has 4 rings (SSSR count). The van der Waals surface area contributed by atoms with Crippen LogP contribution < -0.4 is 0 Å². The van der Waals surface area contributed by atoms with Crippen molar-refractivity contribution in [2.24, 2.45) is 5.41 Å². The summed E-state index contributed by atoms with van der Waals surface area (Å²) in [6.45, 7) is 4.54. The molecule has 0 unspecified atom stereocenters. The first kappa shape index (κ1) is 29.1. The zero-order chi connectivity index (χ0) is 25.8. The average Bonchev–Trinajstić information content (AvgIpc) is 2.95. The van der Waals surface area contributed by atoms with Crippen LogP contribution >= 0.6 is 86.4 Å². The van der Waals surface area contributed by atoms with Gasteiger partial charge in [0.1, 0.15) is 3.41 Å². The van der Waals surface area contributed by atoms with Crippen LogP contribution in [-0.4, -0.2) is 49.0 Å². The van der Waals surface area contributed by atoms with E-state index in [1.54, 1.807) is 136 Å². The minimum Gasteiger partial charge on any atom is -0.230 e. The lowest BCUT2D eigenvalue weighted by molar-refractivity contribution is 0.454. The summed E-state index contributed by atoms with van der Waals surface area (Å²) < 4.78 is -0.421. The molecule has 0 saturated heterocycles. The predicted molar refractivity (Wildman–Crippen MR) is 163 cm³/mol. The third kappa shape index (κ3) is 9.08. The molecule has 0 amide bonds. The van der Waals surface area contributed by atoms with Crippen molar-refractivity contribution in [2.75, 3.05) is 5.75 Å². The largest absolute Gasteiger partial charge is 0.230 e. The average molecular weight is 641 g/mol. The Hall–Kier alpha value is -0.880. The van der Waals surface area contributed by atoms with Crippen molar-refractivity contribution < 1.29 is 0 Å². The van der Waals surface area contributed by atoms with Gasteiger partial charge >= 0.3 is 0 Å². The molecule has 4 aromatic heterocycles. The third-order valence-electron chi connectivity index (χ3n) is 4.23. The molecule has 4 heterocycles. The summed E-state index contributed by atoms with van der Waals surface area (Å²) >= 11 is 0. The molecule has 0 atom stereocenters. The molecular weight excluding hydrogens is 621 g/mol. The van der Waals surface area contributed by atoms with E-state index >= 15 is 0 Å². The first-order valence-corrected chi connectivity index (χ1v) is 19.3. The Bertz CT molecular complexity index is 1090. The fourth-order valence-corrected chi connectivity index (χ4v) is 16.8. The molecule has 0 aliphatic heterocycles. The van der Waals surface area contributed by atoms with Crippen molar-refractivity contribution in [3.63, 3.8) is 0 Å². The summed E-state index contributed by atoms with van der Waals surface area (Å²) in [6.07, 6.45) is 14.1. The lowest BCUT2D eigenvalue weighted by atomic mass is 9.99. The van der Waals surface area contributed by atoms with Crippen LogP contribution in [0.25, 0.3) is 0 Å². The summed E-state index contributed by atoms with van der Waals surface area (Å²) in [4.78, 5) is 35.2. The first-order valence-electron chi connectivity index (χ1n) is 10.5. The van der Waals surface area contributed by atoms with Crippen LogP contribution in [0.5, 0.6) is 0 Å². The fourth-order valence-electron chi connectivity index (χ4n) is 2.29. The molecule has 37 heavy (non-hydrogen) atoms. The Morgan fingerprint density at radius 2 is 0.784 bits per heavy atom. The van der Waals surface area contributed by atoms with E-state index in [4.69, 9.17) is 0 Å². The molecule has 0 spiro atoms. The second-order valence-electron chi connectivity index (χ2n) is 7.41. The highest BCUT2D eigenvalue weighted by Crippen LogP contribution is 2.69. The second kappa shape index (κ2) is 15.1. The van der Waals surface area contributed by atoms with Gasteiger partial charge in [0.05, 0.1) is 0 Å². The SMILES string of the molecule is CC(C)(CSSc1ncccn1)C(SSc1ncccn1)(SSc1ncccn1)SSc1ncccn1. The maximum absolute atomic E-state index is 4.43. The Morgan fingerprint density at radius 3 is 1.11 bits per heavy atom. The van der Waals surface area contributed by atoms with Crippen LogP contribution in [0.2, 0.25) is 0 Å². The van der Waals surface area contributed by atoms with Gasteiger partial charge in [0.25, 0.3) is 0 Å². The van der Waals surface area contributed by atoms with Crippen LogP contribution in [0.4, 0.5) is 0 Å². The molecule has 8 nitrogen and oxygen atoms in total. The van der Waals surface area contributed by atoms with Gasteiger partial charge in [-0.3, -0.25) is 0 Å². The quantitative estimate of drug-likeness (QED) is 0.0767. The van der Waals surface area contributed by atoms with Gasteiger partial charge in [0.15, 0.2) is 20.6 Å². The number of aromatic nitrogens is 8. The van der Waals surface area contributed by atoms with E-state index < -0.39 is 3.41 Å². The van der Waals surface area contributed by atoms with E-state index in [0.29, 0.717) is 15.5 Å². The van der Waals surface area contributed by atoms with Crippen molar-refractivity contribution in [1.82, 2.24) is 39.9 Å². The molecule has 192 valence electrons. The number of nitrogens with zero attached hydrogens (tertiary/aromatic N) is 8. The zero-order valence-electron chi connectivity index (χ0n) is 19.5. The fraction of sp³-hybridized carbons (Fsp3) is 0.238. The normalized spacial score (nSPS) is 11.9. The minimum atomic E-state index is -0.421. The van der Waals surface area contributed by atoms with Gasteiger partial charge in [-0.15, -0.1) is 0 Å². The molecule has 0 aromatic carbocycles. The van der Waals surface area contributed by atoms with Gasteiger partial charge in [0.2, 0.25) is 0 Å². The summed E-state index contributed by atoms with van der Waals surface area (Å²) in [5.74, 6) is 0.825. The Kier molecular flexibility index (Phi) is 11.8. The van der Waals surface area contributed by atoms with Gasteiger partial charge in [-0.1, -0.05) is 57.0 Å². The third-order valence-corrected chi connectivity index (χ3v) is 18.1. The Balaban J connectivity index is 1.59. The smallest absolute Gasteiger partial charge is 0.198 e. The lowest BCUT2D eigenvalue weighted by Crippen LogP contribution is -2.36. The van der Waals surface area contributed by atoms with Crippen molar-refractivity contribution in [3.05, 3.63) is 73.8 Å². The van der Waals surface area contributed by atoms with E-state index in [-0.39, 0.29) is 5.41 Å². The predicted octanol–water partition coefficient (Wildman–Crippen LogP) is 7.59. The molecule has 0 fully saturated rings. The van der Waals surface area contributed by atoms with Crippen molar-refractivity contribution in [3.8, 4) is 0 Å². The van der Waals surface area contributed by atoms with Crippen molar-refractivity contribution in [2.45, 2.75) is 37.9 Å². The van der Waals surface area contributed by atoms with E-state index in [9.17, 15) is 0 Å². The first-order chi connectivity index (χ1) is 18.1. The zero-order valence-corrected chi connectivity index (χ0v) is 26.0. The number of hydrogen-bond donors (Lipinski definition) is 0. The molecule has 0 radical (unpaired) electrons. The van der Waals surface area contributed by atoms with Gasteiger partial charge in [-0.2, -0.15) is 0 Å². The van der Waals surface area contributed by atoms with Gasteiger partial charge in [-0.25, -0.2) is 39.9 Å². The highest BCUT2D eigenvalue weighted by molar-refractivity contribution is 8.94. The molecular formula is C21H20N8S8. The topological polar surface area (TPSA) is 103 Å². The van der Waals surface area contributed by atoms with Crippen molar-refractivity contribution >= 4 is 86.4 Å². The van der Waals surface area contributed by atoms with E-state index in [1.165, 1.54) is 0 Å². The number of rotatable bonds is 14. The van der Waals surface area contributed by atoms with Crippen LogP contribution in [0.15, 0.2) is 94.5 Å². The summed E-state index contributed by atoms with van der Waals surface area (Å²) in [5.41, 5.74) is -0.217. The van der Waals surface area contributed by atoms with Crippen LogP contribution in [0.3, 0.4) is 0 Å². The van der Waals surface area contributed by atoms with Crippen LogP contribution in [-0.2, 0) is 0 Å². The molecule has 4 aromatic rings. The lowest BCUT2D eigenvalue weighted by Gasteiger charge is -2.42. The molecule has 16 heteroatoms. The van der Waals surface area contributed by atoms with E-state index in [0.717, 1.165) is 10.9 Å². The van der Waals surface area contributed by atoms with Crippen molar-refractivity contribution in [1.29, 1.82) is 0 Å². The summed E-state index contributed by atoms with van der Waals surface area (Å²) in [6, 6.07) is 7.28. The van der Waals surface area contributed by atoms with E-state index in [1.807, 2.05) is 24.3 Å². The van der Waals surface area contributed by atoms with Gasteiger partial charge in [0, 0.05) is 60.7 Å². The molecule has 0 N–H and O–H groups in total. The standard InChI is InChI=1S/C21H20N8S8/c1-20(2,15-30-31-16-22-7-3-8-23-16)21(35-32-17-24-9-4-10-25-17,36-33-18-26-11-5-12-27-18)37-34-19-28-13-6-14-29-19/h3-14H,15H2,1-2H3. The van der Waals surface area contributed by atoms with Crippen LogP contribution in [0.1, 0.15) is 13.8 Å². The maximum atomic E-state index is 4.43. The van der Waals surface area contributed by atoms with Crippen LogP contribution in [0, 0.1) is 5.41 Å². The highest BCUT2D eigenvalue weighted by atomic mass is 33.2. The van der Waals surface area contributed by atoms with E-state index in [2.05, 4.69) is 53.7 Å². The highest BCUT2D eigenvalue weighted by Gasteiger charge is 2.49. The molecule has 0 bridgehead atoms. The molecule has 0 saturated carbocycles. The minimum absolute atomic E-state index is 0.217. The molecule has 0 aliphatic rings. The Labute approximate surface area is 247 Å². The summed E-state index contributed by atoms with van der Waals surface area (Å²) in [7, 11) is 13.2. The Morgan fingerprint density at radius 1 is 0.486 bits per heavy atom. The molecule has 0 aliphatic carbocycles.